The standard InChI is InChI=1S/C24H21ClN4O3S/c1-17-14-23(28-27-17)26-24(30)19-10-7-11-20(15-19)33(31,32)29(16-18-8-3-2-4-9-18)22-13-6-5-12-21(22)25/h2-15H,16H2,1H3,(H2,26,27,28,30). The van der Waals surface area contributed by atoms with Crippen molar-refractivity contribution in [3.63, 3.8) is 0 Å². The van der Waals surface area contributed by atoms with Gasteiger partial charge in [0.15, 0.2) is 5.82 Å². The van der Waals surface area contributed by atoms with Gasteiger partial charge < -0.3 is 5.32 Å². The highest BCUT2D eigenvalue weighted by atomic mass is 35.5. The summed E-state index contributed by atoms with van der Waals surface area (Å²) in [6.45, 7) is 1.89. The number of amides is 1. The predicted octanol–water partition coefficient (Wildman–Crippen LogP) is 5.02. The molecule has 2 N–H and O–H groups in total. The van der Waals surface area contributed by atoms with E-state index in [1.165, 1.54) is 22.5 Å². The molecule has 0 radical (unpaired) electrons. The summed E-state index contributed by atoms with van der Waals surface area (Å²) in [5.74, 6) is -0.113. The molecule has 3 aromatic carbocycles. The monoisotopic (exact) mass is 480 g/mol. The van der Waals surface area contributed by atoms with E-state index in [1.807, 2.05) is 37.3 Å². The van der Waals surface area contributed by atoms with Gasteiger partial charge in [-0.1, -0.05) is 60.1 Å². The number of benzene rings is 3. The summed E-state index contributed by atoms with van der Waals surface area (Å²) in [5, 5.41) is 9.68. The van der Waals surface area contributed by atoms with Gasteiger partial charge >= 0.3 is 0 Å². The molecule has 7 nitrogen and oxygen atoms in total. The molecule has 1 aromatic heterocycles. The molecule has 1 amide bonds. The molecule has 0 saturated carbocycles. The summed E-state index contributed by atoms with van der Waals surface area (Å²) in [4.78, 5) is 12.7. The minimum Gasteiger partial charge on any atom is -0.305 e. The number of aryl methyl sites for hydroxylation is 1. The highest BCUT2D eigenvalue weighted by Gasteiger charge is 2.27. The minimum atomic E-state index is -4.05. The Kier molecular flexibility index (Phi) is 6.48. The van der Waals surface area contributed by atoms with Gasteiger partial charge in [0.1, 0.15) is 0 Å². The van der Waals surface area contributed by atoms with Crippen molar-refractivity contribution in [2.75, 3.05) is 9.62 Å². The average molecular weight is 481 g/mol. The Bertz CT molecular complexity index is 1390. The van der Waals surface area contributed by atoms with Gasteiger partial charge in [-0.2, -0.15) is 5.10 Å². The Morgan fingerprint density at radius 3 is 2.42 bits per heavy atom. The van der Waals surface area contributed by atoms with E-state index in [9.17, 15) is 13.2 Å². The number of carbonyl (C=O) groups is 1. The van der Waals surface area contributed by atoms with E-state index >= 15 is 0 Å². The summed E-state index contributed by atoms with van der Waals surface area (Å²) in [7, 11) is -4.05. The van der Waals surface area contributed by atoms with E-state index in [0.717, 1.165) is 11.3 Å². The van der Waals surface area contributed by atoms with Crippen LogP contribution in [0.2, 0.25) is 5.02 Å². The van der Waals surface area contributed by atoms with Crippen molar-refractivity contribution >= 4 is 39.0 Å². The van der Waals surface area contributed by atoms with Crippen LogP contribution in [-0.4, -0.2) is 24.5 Å². The fraction of sp³-hybridized carbons (Fsp3) is 0.0833. The summed E-state index contributed by atoms with van der Waals surface area (Å²) in [6.07, 6.45) is 0. The third-order valence-corrected chi connectivity index (χ3v) is 7.00. The summed E-state index contributed by atoms with van der Waals surface area (Å²) < 4.78 is 28.7. The number of aromatic nitrogens is 2. The van der Waals surface area contributed by atoms with Crippen LogP contribution >= 0.6 is 11.6 Å². The van der Waals surface area contributed by atoms with Crippen LogP contribution in [0.1, 0.15) is 21.6 Å². The lowest BCUT2D eigenvalue weighted by Crippen LogP contribution is -2.31. The number of H-pyrrole nitrogens is 1. The van der Waals surface area contributed by atoms with Crippen LogP contribution in [0.4, 0.5) is 11.5 Å². The largest absolute Gasteiger partial charge is 0.305 e. The maximum absolute atomic E-state index is 13.7. The molecule has 0 spiro atoms. The lowest BCUT2D eigenvalue weighted by molar-refractivity contribution is 0.102. The van der Waals surface area contributed by atoms with Gasteiger partial charge in [-0.15, -0.1) is 0 Å². The van der Waals surface area contributed by atoms with Crippen LogP contribution in [0, 0.1) is 6.92 Å². The molecule has 0 atom stereocenters. The smallest absolute Gasteiger partial charge is 0.264 e. The number of nitrogens with zero attached hydrogens (tertiary/aromatic N) is 2. The lowest BCUT2D eigenvalue weighted by Gasteiger charge is -2.25. The molecule has 0 bridgehead atoms. The number of rotatable bonds is 7. The van der Waals surface area contributed by atoms with Crippen molar-refractivity contribution < 1.29 is 13.2 Å². The number of para-hydroxylation sites is 1. The zero-order valence-corrected chi connectivity index (χ0v) is 19.3. The molecule has 0 aliphatic carbocycles. The third-order valence-electron chi connectivity index (χ3n) is 4.92. The van der Waals surface area contributed by atoms with Crippen LogP contribution < -0.4 is 9.62 Å². The molecule has 0 aliphatic rings. The Hall–Kier alpha value is -3.62. The van der Waals surface area contributed by atoms with Crippen molar-refractivity contribution in [3.05, 3.63) is 107 Å². The second kappa shape index (κ2) is 9.48. The van der Waals surface area contributed by atoms with Gasteiger partial charge in [-0.3, -0.25) is 14.2 Å². The molecule has 9 heteroatoms. The molecule has 33 heavy (non-hydrogen) atoms. The first-order valence-corrected chi connectivity index (χ1v) is 11.9. The Morgan fingerprint density at radius 2 is 1.73 bits per heavy atom. The minimum absolute atomic E-state index is 0.0239. The number of anilines is 2. The first kappa shape index (κ1) is 22.6. The normalized spacial score (nSPS) is 11.2. The Balaban J connectivity index is 1.71. The highest BCUT2D eigenvalue weighted by molar-refractivity contribution is 7.92. The molecule has 4 aromatic rings. The predicted molar refractivity (Wildman–Crippen MR) is 129 cm³/mol. The molecule has 0 fully saturated rings. The van der Waals surface area contributed by atoms with Crippen LogP contribution in [-0.2, 0) is 16.6 Å². The third kappa shape index (κ3) is 5.08. The zero-order valence-electron chi connectivity index (χ0n) is 17.7. The highest BCUT2D eigenvalue weighted by Crippen LogP contribution is 2.32. The zero-order chi connectivity index (χ0) is 23.4. The summed E-state index contributed by atoms with van der Waals surface area (Å²) in [5.41, 5.74) is 2.13. The van der Waals surface area contributed by atoms with E-state index < -0.39 is 15.9 Å². The van der Waals surface area contributed by atoms with Crippen LogP contribution in [0.5, 0.6) is 0 Å². The van der Waals surface area contributed by atoms with Crippen molar-refractivity contribution in [1.82, 2.24) is 10.2 Å². The van der Waals surface area contributed by atoms with Crippen LogP contribution in [0.3, 0.4) is 0 Å². The van der Waals surface area contributed by atoms with Crippen LogP contribution in [0.15, 0.2) is 89.8 Å². The number of halogens is 1. The van der Waals surface area contributed by atoms with E-state index in [0.29, 0.717) is 16.5 Å². The summed E-state index contributed by atoms with van der Waals surface area (Å²) in [6, 6.07) is 23.5. The van der Waals surface area contributed by atoms with E-state index in [1.54, 1.807) is 36.4 Å². The first-order valence-electron chi connectivity index (χ1n) is 10.1. The summed E-state index contributed by atoms with van der Waals surface area (Å²) >= 11 is 6.37. The second-order valence-corrected chi connectivity index (χ2v) is 9.64. The van der Waals surface area contributed by atoms with Crippen molar-refractivity contribution in [1.29, 1.82) is 0 Å². The van der Waals surface area contributed by atoms with Gasteiger partial charge in [-0.05, 0) is 42.8 Å². The number of hydrogen-bond acceptors (Lipinski definition) is 4. The number of nitrogens with one attached hydrogen (secondary N) is 2. The number of aromatic amines is 1. The van der Waals surface area contributed by atoms with Crippen molar-refractivity contribution in [2.45, 2.75) is 18.4 Å². The van der Waals surface area contributed by atoms with Gasteiger partial charge in [0, 0.05) is 17.3 Å². The van der Waals surface area contributed by atoms with Crippen molar-refractivity contribution in [3.8, 4) is 0 Å². The maximum atomic E-state index is 13.7. The molecule has 0 unspecified atom stereocenters. The number of carbonyl (C=O) groups excluding carboxylic acids is 1. The quantitative estimate of drug-likeness (QED) is 0.388. The van der Waals surface area contributed by atoms with Gasteiger partial charge in [0.25, 0.3) is 15.9 Å². The molecule has 0 saturated heterocycles. The Morgan fingerprint density at radius 1 is 1.00 bits per heavy atom. The maximum Gasteiger partial charge on any atom is 0.264 e. The molecule has 168 valence electrons. The van der Waals surface area contributed by atoms with E-state index in [-0.39, 0.29) is 17.0 Å². The fourth-order valence-corrected chi connectivity index (χ4v) is 5.10. The molecule has 4 rings (SSSR count). The molecular weight excluding hydrogens is 460 g/mol. The molecule has 0 aliphatic heterocycles. The number of hydrogen-bond donors (Lipinski definition) is 2. The van der Waals surface area contributed by atoms with Gasteiger partial charge in [-0.25, -0.2) is 8.42 Å². The molecule has 1 heterocycles. The van der Waals surface area contributed by atoms with Gasteiger partial charge in [0.05, 0.1) is 22.2 Å². The fourth-order valence-electron chi connectivity index (χ4n) is 3.30. The second-order valence-electron chi connectivity index (χ2n) is 7.37. The average Bonchev–Trinajstić information content (AvgIpc) is 3.23. The Labute approximate surface area is 197 Å². The van der Waals surface area contributed by atoms with E-state index in [2.05, 4.69) is 15.5 Å². The van der Waals surface area contributed by atoms with E-state index in [4.69, 9.17) is 11.6 Å². The van der Waals surface area contributed by atoms with Crippen LogP contribution in [0.25, 0.3) is 0 Å². The number of sulfonamides is 1. The first-order chi connectivity index (χ1) is 15.8. The lowest BCUT2D eigenvalue weighted by atomic mass is 10.2. The SMILES string of the molecule is Cc1cc(NC(=O)c2cccc(S(=O)(=O)N(Cc3ccccc3)c3ccccc3Cl)c2)n[nH]1. The van der Waals surface area contributed by atoms with Gasteiger partial charge in [0.2, 0.25) is 0 Å². The topological polar surface area (TPSA) is 95.2 Å². The molecular formula is C24H21ClN4O3S. The van der Waals surface area contributed by atoms with Crippen molar-refractivity contribution in [2.24, 2.45) is 0 Å².